The number of anilines is 1. The minimum Gasteiger partial charge on any atom is -0.392 e. The first-order valence-electron chi connectivity index (χ1n) is 4.96. The standard InChI is InChI=1S/C11H18N2OS/c1-9(8-15-3)13(2)11-6-10(7-14)4-5-12-11/h4-6,9,14H,7-8H2,1-3H3. The van der Waals surface area contributed by atoms with Gasteiger partial charge in [0.1, 0.15) is 5.82 Å². The van der Waals surface area contributed by atoms with E-state index in [1.807, 2.05) is 30.9 Å². The largest absolute Gasteiger partial charge is 0.392 e. The molecule has 0 aliphatic carbocycles. The van der Waals surface area contributed by atoms with Crippen LogP contribution < -0.4 is 4.90 Å². The lowest BCUT2D eigenvalue weighted by Gasteiger charge is -2.25. The van der Waals surface area contributed by atoms with Crippen molar-refractivity contribution in [3.8, 4) is 0 Å². The fraction of sp³-hybridized carbons (Fsp3) is 0.545. The molecule has 0 aromatic carbocycles. The van der Waals surface area contributed by atoms with Crippen LogP contribution in [0.2, 0.25) is 0 Å². The molecular formula is C11H18N2OS. The Kier molecular flexibility index (Phi) is 4.91. The highest BCUT2D eigenvalue weighted by Gasteiger charge is 2.10. The fourth-order valence-corrected chi connectivity index (χ4v) is 2.04. The van der Waals surface area contributed by atoms with Gasteiger partial charge in [-0.2, -0.15) is 11.8 Å². The van der Waals surface area contributed by atoms with Crippen LogP contribution >= 0.6 is 11.8 Å². The number of thioether (sulfide) groups is 1. The number of hydrogen-bond acceptors (Lipinski definition) is 4. The molecular weight excluding hydrogens is 208 g/mol. The molecule has 0 saturated heterocycles. The second-order valence-electron chi connectivity index (χ2n) is 3.60. The summed E-state index contributed by atoms with van der Waals surface area (Å²) >= 11 is 1.82. The van der Waals surface area contributed by atoms with Crippen LogP contribution in [0.1, 0.15) is 12.5 Å². The van der Waals surface area contributed by atoms with Gasteiger partial charge in [-0.3, -0.25) is 0 Å². The molecule has 0 saturated carbocycles. The Morgan fingerprint density at radius 2 is 2.33 bits per heavy atom. The normalized spacial score (nSPS) is 12.5. The van der Waals surface area contributed by atoms with Crippen LogP contribution in [-0.4, -0.2) is 35.2 Å². The maximum absolute atomic E-state index is 9.04. The smallest absolute Gasteiger partial charge is 0.128 e. The van der Waals surface area contributed by atoms with E-state index in [2.05, 4.69) is 23.1 Å². The molecule has 0 aliphatic rings. The summed E-state index contributed by atoms with van der Waals surface area (Å²) in [4.78, 5) is 6.43. The third kappa shape index (κ3) is 3.39. The molecule has 1 unspecified atom stereocenters. The second-order valence-corrected chi connectivity index (χ2v) is 4.51. The first kappa shape index (κ1) is 12.3. The van der Waals surface area contributed by atoms with E-state index >= 15 is 0 Å². The highest BCUT2D eigenvalue weighted by atomic mass is 32.2. The topological polar surface area (TPSA) is 36.4 Å². The van der Waals surface area contributed by atoms with Gasteiger partial charge in [-0.05, 0) is 30.9 Å². The van der Waals surface area contributed by atoms with Gasteiger partial charge in [0.05, 0.1) is 6.61 Å². The lowest BCUT2D eigenvalue weighted by atomic mass is 10.2. The predicted octanol–water partition coefficient (Wildman–Crippen LogP) is 1.76. The Bertz CT molecular complexity index is 306. The van der Waals surface area contributed by atoms with Crippen molar-refractivity contribution < 1.29 is 5.11 Å². The molecule has 15 heavy (non-hydrogen) atoms. The van der Waals surface area contributed by atoms with Crippen LogP contribution in [0.15, 0.2) is 18.3 Å². The van der Waals surface area contributed by atoms with Crippen LogP contribution in [0.5, 0.6) is 0 Å². The zero-order valence-electron chi connectivity index (χ0n) is 9.47. The maximum Gasteiger partial charge on any atom is 0.128 e. The van der Waals surface area contributed by atoms with Crippen molar-refractivity contribution in [1.82, 2.24) is 4.98 Å². The van der Waals surface area contributed by atoms with Gasteiger partial charge in [0.15, 0.2) is 0 Å². The number of hydrogen-bond donors (Lipinski definition) is 1. The van der Waals surface area contributed by atoms with Crippen molar-refractivity contribution in [1.29, 1.82) is 0 Å². The Balaban J connectivity index is 2.76. The zero-order valence-corrected chi connectivity index (χ0v) is 10.3. The van der Waals surface area contributed by atoms with Crippen molar-refractivity contribution in [2.24, 2.45) is 0 Å². The molecule has 0 amide bonds. The van der Waals surface area contributed by atoms with Crippen LogP contribution in [0, 0.1) is 0 Å². The summed E-state index contributed by atoms with van der Waals surface area (Å²) in [6.45, 7) is 2.24. The van der Waals surface area contributed by atoms with E-state index in [9.17, 15) is 0 Å². The van der Waals surface area contributed by atoms with Crippen LogP contribution in [0.3, 0.4) is 0 Å². The third-order valence-corrected chi connectivity index (χ3v) is 3.24. The van der Waals surface area contributed by atoms with Gasteiger partial charge in [-0.1, -0.05) is 0 Å². The lowest BCUT2D eigenvalue weighted by Crippen LogP contribution is -2.31. The van der Waals surface area contributed by atoms with E-state index in [0.29, 0.717) is 6.04 Å². The molecule has 0 spiro atoms. The molecule has 0 fully saturated rings. The van der Waals surface area contributed by atoms with Crippen molar-refractivity contribution in [3.05, 3.63) is 23.9 Å². The maximum atomic E-state index is 9.04. The van der Waals surface area contributed by atoms with E-state index in [1.165, 1.54) is 0 Å². The van der Waals surface area contributed by atoms with Crippen molar-refractivity contribution in [3.63, 3.8) is 0 Å². The van der Waals surface area contributed by atoms with E-state index in [4.69, 9.17) is 5.11 Å². The number of rotatable bonds is 5. The summed E-state index contributed by atoms with van der Waals surface area (Å²) < 4.78 is 0. The quantitative estimate of drug-likeness (QED) is 0.830. The fourth-order valence-electron chi connectivity index (χ4n) is 1.33. The minimum absolute atomic E-state index is 0.0697. The SMILES string of the molecule is CSCC(C)N(C)c1cc(CO)ccn1. The number of nitrogens with zero attached hydrogens (tertiary/aromatic N) is 2. The van der Waals surface area contributed by atoms with Crippen LogP contribution in [0.4, 0.5) is 5.82 Å². The molecule has 3 nitrogen and oxygen atoms in total. The number of aromatic nitrogens is 1. The summed E-state index contributed by atoms with van der Waals surface area (Å²) in [7, 11) is 2.03. The monoisotopic (exact) mass is 226 g/mol. The molecule has 0 aliphatic heterocycles. The minimum atomic E-state index is 0.0697. The lowest BCUT2D eigenvalue weighted by molar-refractivity contribution is 0.281. The van der Waals surface area contributed by atoms with Gasteiger partial charge in [0, 0.05) is 25.0 Å². The van der Waals surface area contributed by atoms with Gasteiger partial charge < -0.3 is 10.0 Å². The van der Waals surface area contributed by atoms with Crippen molar-refractivity contribution in [2.45, 2.75) is 19.6 Å². The molecule has 1 N–H and O–H groups in total. The van der Waals surface area contributed by atoms with Gasteiger partial charge >= 0.3 is 0 Å². The second kappa shape index (κ2) is 5.98. The summed E-state index contributed by atoms with van der Waals surface area (Å²) in [6, 6.07) is 4.20. The summed E-state index contributed by atoms with van der Waals surface area (Å²) in [5.74, 6) is 1.99. The molecule has 1 aromatic rings. The number of aliphatic hydroxyl groups excluding tert-OH is 1. The van der Waals surface area contributed by atoms with Gasteiger partial charge in [0.25, 0.3) is 0 Å². The number of aliphatic hydroxyl groups is 1. The van der Waals surface area contributed by atoms with E-state index in [0.717, 1.165) is 17.1 Å². The average Bonchev–Trinajstić information content (AvgIpc) is 2.28. The molecule has 0 bridgehead atoms. The van der Waals surface area contributed by atoms with E-state index in [1.54, 1.807) is 6.20 Å². The Hall–Kier alpha value is -0.740. The van der Waals surface area contributed by atoms with Crippen LogP contribution in [0.25, 0.3) is 0 Å². The van der Waals surface area contributed by atoms with Crippen molar-refractivity contribution in [2.75, 3.05) is 24.0 Å². The van der Waals surface area contributed by atoms with E-state index in [-0.39, 0.29) is 6.61 Å². The van der Waals surface area contributed by atoms with Crippen LogP contribution in [-0.2, 0) is 6.61 Å². The molecule has 1 aromatic heterocycles. The van der Waals surface area contributed by atoms with Gasteiger partial charge in [0.2, 0.25) is 0 Å². The highest BCUT2D eigenvalue weighted by Crippen LogP contribution is 2.15. The molecule has 1 rings (SSSR count). The Labute approximate surface area is 95.5 Å². The molecule has 4 heteroatoms. The molecule has 1 heterocycles. The first-order valence-corrected chi connectivity index (χ1v) is 6.36. The number of pyridine rings is 1. The molecule has 84 valence electrons. The Morgan fingerprint density at radius 3 is 2.93 bits per heavy atom. The zero-order chi connectivity index (χ0) is 11.3. The average molecular weight is 226 g/mol. The van der Waals surface area contributed by atoms with Crippen molar-refractivity contribution >= 4 is 17.6 Å². The highest BCUT2D eigenvalue weighted by molar-refractivity contribution is 7.98. The van der Waals surface area contributed by atoms with Gasteiger partial charge in [-0.25, -0.2) is 4.98 Å². The van der Waals surface area contributed by atoms with Gasteiger partial charge in [-0.15, -0.1) is 0 Å². The molecule has 0 radical (unpaired) electrons. The van der Waals surface area contributed by atoms with E-state index < -0.39 is 0 Å². The first-order chi connectivity index (χ1) is 7.19. The Morgan fingerprint density at radius 1 is 1.60 bits per heavy atom. The summed E-state index contributed by atoms with van der Waals surface area (Å²) in [6.07, 6.45) is 3.84. The summed E-state index contributed by atoms with van der Waals surface area (Å²) in [5, 5.41) is 9.04. The summed E-state index contributed by atoms with van der Waals surface area (Å²) in [5.41, 5.74) is 0.906. The molecule has 1 atom stereocenters. The third-order valence-electron chi connectivity index (χ3n) is 2.42. The predicted molar refractivity (Wildman–Crippen MR) is 66.4 cm³/mol.